The Hall–Kier alpha value is -6.75. The normalized spacial score (nSPS) is 17.4. The van der Waals surface area contributed by atoms with Gasteiger partial charge in [-0.15, -0.1) is 0 Å². The summed E-state index contributed by atoms with van der Waals surface area (Å²) in [7, 11) is 0. The Labute approximate surface area is 314 Å². The average molecular weight is 694 g/mol. The van der Waals surface area contributed by atoms with Gasteiger partial charge in [0.2, 0.25) is 0 Å². The molecule has 2 atom stereocenters. The second-order valence-electron chi connectivity index (χ2n) is 14.3. The van der Waals surface area contributed by atoms with Gasteiger partial charge in [-0.05, 0) is 67.4 Å². The molecule has 2 N–H and O–H groups in total. The van der Waals surface area contributed by atoms with Gasteiger partial charge in [-0.2, -0.15) is 0 Å². The lowest BCUT2D eigenvalue weighted by molar-refractivity contribution is 0.411. The minimum Gasteiger partial charge on any atom is -0.457 e. The highest BCUT2D eigenvalue weighted by molar-refractivity contribution is 6.01. The molecule has 8 aromatic carbocycles. The van der Waals surface area contributed by atoms with E-state index in [0.29, 0.717) is 0 Å². The topological polar surface area (TPSA) is 45.6 Å². The number of rotatable bonds is 4. The number of ether oxygens (including phenoxy) is 1. The van der Waals surface area contributed by atoms with Gasteiger partial charge in [0.15, 0.2) is 0 Å². The third-order valence-electron chi connectivity index (χ3n) is 11.5. The van der Waals surface area contributed by atoms with Gasteiger partial charge in [0.05, 0.1) is 5.41 Å². The molecular formula is C50H35N3O. The van der Waals surface area contributed by atoms with Crippen LogP contribution in [0.15, 0.2) is 193 Å². The van der Waals surface area contributed by atoms with E-state index in [1.54, 1.807) is 0 Å². The van der Waals surface area contributed by atoms with Crippen molar-refractivity contribution in [3.63, 3.8) is 0 Å². The van der Waals surface area contributed by atoms with Gasteiger partial charge in [-0.3, -0.25) is 5.32 Å². The Morgan fingerprint density at radius 2 is 1.04 bits per heavy atom. The molecule has 0 saturated carbocycles. The molecule has 0 radical (unpaired) electrons. The molecule has 1 aliphatic carbocycles. The fraction of sp³-hybridized carbons (Fsp3) is 0.0600. The van der Waals surface area contributed by atoms with Crippen LogP contribution < -0.4 is 15.4 Å². The van der Waals surface area contributed by atoms with E-state index < -0.39 is 5.41 Å². The standard InChI is InChI=1S/C50H35N3O/c1-2-14-32(15-3-1)33-28-30-35(31-29-33)47-51-48(37-20-12-17-34-16-4-5-18-36(34)37)53-49(52-47)39-21-13-25-43-46(39)38-19-6-7-22-40(38)50(43)41-23-8-10-26-44(41)54-45-27-11-9-24-42(45)50/h1-31,48-49,53H,(H,51,52). The molecule has 2 heterocycles. The van der Waals surface area contributed by atoms with E-state index in [4.69, 9.17) is 9.73 Å². The quantitative estimate of drug-likeness (QED) is 0.193. The van der Waals surface area contributed by atoms with Crippen molar-refractivity contribution in [3.05, 3.63) is 227 Å². The first-order chi connectivity index (χ1) is 26.8. The zero-order chi connectivity index (χ0) is 35.6. The number of aliphatic imine (C=N–C) groups is 1. The van der Waals surface area contributed by atoms with Crippen molar-refractivity contribution < 1.29 is 4.74 Å². The number of benzene rings is 8. The predicted molar refractivity (Wildman–Crippen MR) is 218 cm³/mol. The van der Waals surface area contributed by atoms with E-state index in [-0.39, 0.29) is 12.3 Å². The van der Waals surface area contributed by atoms with Crippen LogP contribution in [-0.4, -0.2) is 5.84 Å². The van der Waals surface area contributed by atoms with E-state index in [9.17, 15) is 0 Å². The van der Waals surface area contributed by atoms with Crippen LogP contribution in [0.1, 0.15) is 51.3 Å². The molecule has 0 fully saturated rings. The molecule has 4 nitrogen and oxygen atoms in total. The number of fused-ring (bicyclic) bond motifs is 10. The van der Waals surface area contributed by atoms with E-state index in [1.165, 1.54) is 49.7 Å². The van der Waals surface area contributed by atoms with Crippen molar-refractivity contribution >= 4 is 16.6 Å². The smallest absolute Gasteiger partial charge is 0.132 e. The summed E-state index contributed by atoms with van der Waals surface area (Å²) in [6.45, 7) is 0. The van der Waals surface area contributed by atoms with Crippen LogP contribution in [0.3, 0.4) is 0 Å². The van der Waals surface area contributed by atoms with Crippen LogP contribution in [0.4, 0.5) is 0 Å². The molecule has 256 valence electrons. The molecule has 54 heavy (non-hydrogen) atoms. The van der Waals surface area contributed by atoms with Crippen molar-refractivity contribution in [1.82, 2.24) is 10.6 Å². The fourth-order valence-electron chi connectivity index (χ4n) is 9.14. The van der Waals surface area contributed by atoms with Crippen LogP contribution in [0, 0.1) is 0 Å². The van der Waals surface area contributed by atoms with Crippen LogP contribution >= 0.6 is 0 Å². The monoisotopic (exact) mass is 693 g/mol. The van der Waals surface area contributed by atoms with Crippen molar-refractivity contribution in [2.75, 3.05) is 0 Å². The summed E-state index contributed by atoms with van der Waals surface area (Å²) < 4.78 is 6.60. The minimum absolute atomic E-state index is 0.201. The zero-order valence-corrected chi connectivity index (χ0v) is 29.4. The third-order valence-corrected chi connectivity index (χ3v) is 11.5. The predicted octanol–water partition coefficient (Wildman–Crippen LogP) is 11.3. The summed E-state index contributed by atoms with van der Waals surface area (Å²) in [6.07, 6.45) is -0.545. The molecule has 1 spiro atoms. The molecule has 2 aliphatic heterocycles. The molecule has 8 aromatic rings. The van der Waals surface area contributed by atoms with Crippen molar-refractivity contribution in [2.45, 2.75) is 17.7 Å². The van der Waals surface area contributed by atoms with Gasteiger partial charge in [0.25, 0.3) is 0 Å². The maximum absolute atomic E-state index is 6.60. The van der Waals surface area contributed by atoms with Gasteiger partial charge in [-0.25, -0.2) is 4.99 Å². The van der Waals surface area contributed by atoms with Crippen molar-refractivity contribution in [1.29, 1.82) is 0 Å². The first kappa shape index (κ1) is 30.8. The van der Waals surface area contributed by atoms with Gasteiger partial charge in [-0.1, -0.05) is 176 Å². The molecule has 0 bridgehead atoms. The highest BCUT2D eigenvalue weighted by atomic mass is 16.5. The van der Waals surface area contributed by atoms with Crippen molar-refractivity contribution in [2.24, 2.45) is 4.99 Å². The Kier molecular flexibility index (Phi) is 6.94. The summed E-state index contributed by atoms with van der Waals surface area (Å²) in [5, 5.41) is 10.2. The van der Waals surface area contributed by atoms with Gasteiger partial charge in [0.1, 0.15) is 29.7 Å². The molecular weight excluding hydrogens is 659 g/mol. The molecule has 4 heteroatoms. The molecule has 2 unspecified atom stereocenters. The Balaban J connectivity index is 1.12. The lowest BCUT2D eigenvalue weighted by Crippen LogP contribution is -2.45. The lowest BCUT2D eigenvalue weighted by atomic mass is 9.66. The number of hydrogen-bond acceptors (Lipinski definition) is 4. The van der Waals surface area contributed by atoms with Crippen LogP contribution in [0.2, 0.25) is 0 Å². The average Bonchev–Trinajstić information content (AvgIpc) is 3.54. The Morgan fingerprint density at radius 1 is 0.463 bits per heavy atom. The van der Waals surface area contributed by atoms with E-state index in [2.05, 4.69) is 199 Å². The second kappa shape index (κ2) is 12.2. The minimum atomic E-state index is -0.546. The summed E-state index contributed by atoms with van der Waals surface area (Å²) in [4.78, 5) is 5.52. The molecule has 3 aliphatic rings. The Bertz CT molecular complexity index is 2720. The van der Waals surface area contributed by atoms with E-state index in [0.717, 1.165) is 39.6 Å². The summed E-state index contributed by atoms with van der Waals surface area (Å²) in [6, 6.07) is 67.2. The lowest BCUT2D eigenvalue weighted by Gasteiger charge is -2.39. The highest BCUT2D eigenvalue weighted by Gasteiger charge is 2.52. The summed E-state index contributed by atoms with van der Waals surface area (Å²) in [5.74, 6) is 2.63. The van der Waals surface area contributed by atoms with Crippen molar-refractivity contribution in [3.8, 4) is 33.8 Å². The first-order valence-corrected chi connectivity index (χ1v) is 18.6. The Morgan fingerprint density at radius 3 is 1.83 bits per heavy atom. The first-order valence-electron chi connectivity index (χ1n) is 18.6. The van der Waals surface area contributed by atoms with E-state index >= 15 is 0 Å². The van der Waals surface area contributed by atoms with Gasteiger partial charge >= 0.3 is 0 Å². The number of hydrogen-bond donors (Lipinski definition) is 2. The van der Waals surface area contributed by atoms with Crippen LogP contribution in [-0.2, 0) is 5.41 Å². The molecule has 11 rings (SSSR count). The zero-order valence-electron chi connectivity index (χ0n) is 29.4. The third kappa shape index (κ3) is 4.57. The second-order valence-corrected chi connectivity index (χ2v) is 14.3. The number of amidine groups is 1. The largest absolute Gasteiger partial charge is 0.457 e. The highest BCUT2D eigenvalue weighted by Crippen LogP contribution is 2.63. The number of nitrogens with zero attached hydrogens (tertiary/aromatic N) is 1. The maximum atomic E-state index is 6.60. The summed E-state index contributed by atoms with van der Waals surface area (Å²) >= 11 is 0. The van der Waals surface area contributed by atoms with Crippen LogP contribution in [0.5, 0.6) is 11.5 Å². The SMILES string of the molecule is c1ccc(-c2ccc(C3=NC(c4cccc5c4-c4ccccc4C54c5ccccc5Oc5ccccc54)NC(c4cccc5ccccc45)N3)cc2)cc1. The summed E-state index contributed by atoms with van der Waals surface area (Å²) in [5.41, 5.74) is 12.5. The fourth-order valence-corrected chi connectivity index (χ4v) is 9.14. The van der Waals surface area contributed by atoms with Gasteiger partial charge < -0.3 is 10.1 Å². The van der Waals surface area contributed by atoms with Gasteiger partial charge in [0, 0.05) is 16.7 Å². The maximum Gasteiger partial charge on any atom is 0.132 e. The molecule has 0 amide bonds. The number of para-hydroxylation sites is 2. The van der Waals surface area contributed by atoms with E-state index in [1.807, 2.05) is 0 Å². The molecule has 0 saturated heterocycles. The number of nitrogens with one attached hydrogen (secondary N) is 2. The van der Waals surface area contributed by atoms with Crippen LogP contribution in [0.25, 0.3) is 33.0 Å². The molecule has 0 aromatic heterocycles.